The van der Waals surface area contributed by atoms with Gasteiger partial charge in [0.15, 0.2) is 4.77 Å². The van der Waals surface area contributed by atoms with Gasteiger partial charge in [0.2, 0.25) is 0 Å². The molecule has 0 aliphatic carbocycles. The maximum absolute atomic E-state index is 11.0. The molecule has 74 valence electrons. The van der Waals surface area contributed by atoms with Crippen molar-refractivity contribution in [2.75, 3.05) is 12.0 Å². The zero-order valence-electron chi connectivity index (χ0n) is 7.39. The second-order valence-electron chi connectivity index (χ2n) is 3.01. The van der Waals surface area contributed by atoms with Crippen LogP contribution in [0, 0.1) is 4.77 Å². The lowest BCUT2D eigenvalue weighted by Gasteiger charge is -2.09. The number of aromatic amines is 1. The average molecular weight is 221 g/mol. The first kappa shape index (κ1) is 10.4. The quantitative estimate of drug-likeness (QED) is 0.757. The molecule has 1 N–H and O–H groups in total. The number of H-pyrrole nitrogens is 1. The zero-order valence-corrected chi connectivity index (χ0v) is 9.02. The van der Waals surface area contributed by atoms with Gasteiger partial charge in [-0.25, -0.2) is 8.42 Å². The van der Waals surface area contributed by atoms with Gasteiger partial charge in [0, 0.05) is 12.3 Å². The van der Waals surface area contributed by atoms with E-state index in [1.54, 1.807) is 11.5 Å². The van der Waals surface area contributed by atoms with Crippen LogP contribution in [0.2, 0.25) is 0 Å². The molecule has 1 heterocycles. The van der Waals surface area contributed by atoms with Crippen LogP contribution < -0.4 is 0 Å². The van der Waals surface area contributed by atoms with Crippen molar-refractivity contribution in [3.05, 3.63) is 11.1 Å². The van der Waals surface area contributed by atoms with E-state index in [1.165, 1.54) is 12.6 Å². The van der Waals surface area contributed by atoms with E-state index in [9.17, 15) is 8.42 Å². The normalized spacial score (nSPS) is 14.3. The van der Waals surface area contributed by atoms with Crippen molar-refractivity contribution in [2.24, 2.45) is 0 Å². The third-order valence-corrected chi connectivity index (χ3v) is 2.99. The van der Waals surface area contributed by atoms with Crippen molar-refractivity contribution in [1.82, 2.24) is 14.8 Å². The molecule has 7 heteroatoms. The molecule has 0 saturated carbocycles. The van der Waals surface area contributed by atoms with Crippen LogP contribution in [0.15, 0.2) is 6.33 Å². The number of sulfone groups is 1. The van der Waals surface area contributed by atoms with Crippen molar-refractivity contribution >= 4 is 22.1 Å². The maximum atomic E-state index is 11.0. The van der Waals surface area contributed by atoms with Gasteiger partial charge in [-0.1, -0.05) is 0 Å². The molecule has 1 aromatic heterocycles. The van der Waals surface area contributed by atoms with Crippen molar-refractivity contribution < 1.29 is 8.42 Å². The van der Waals surface area contributed by atoms with Crippen LogP contribution in [0.25, 0.3) is 0 Å². The fourth-order valence-corrected chi connectivity index (χ4v) is 2.41. The molecule has 0 aliphatic rings. The minimum absolute atomic E-state index is 0.0703. The van der Waals surface area contributed by atoms with E-state index >= 15 is 0 Å². The van der Waals surface area contributed by atoms with Gasteiger partial charge in [-0.3, -0.25) is 5.10 Å². The van der Waals surface area contributed by atoms with Crippen LogP contribution in [0.4, 0.5) is 0 Å². The summed E-state index contributed by atoms with van der Waals surface area (Å²) in [6.07, 6.45) is 2.70. The van der Waals surface area contributed by atoms with E-state index in [4.69, 9.17) is 12.2 Å². The summed E-state index contributed by atoms with van der Waals surface area (Å²) in [6.45, 7) is 1.78. The summed E-state index contributed by atoms with van der Waals surface area (Å²) >= 11 is 4.90. The van der Waals surface area contributed by atoms with Gasteiger partial charge in [0.25, 0.3) is 0 Å². The highest BCUT2D eigenvalue weighted by atomic mass is 32.2. The molecule has 5 nitrogen and oxygen atoms in total. The topological polar surface area (TPSA) is 67.8 Å². The van der Waals surface area contributed by atoms with Crippen LogP contribution in [0.5, 0.6) is 0 Å². The minimum Gasteiger partial charge on any atom is -0.303 e. The molecule has 13 heavy (non-hydrogen) atoms. The minimum atomic E-state index is -2.97. The SMILES string of the molecule is CC(CS(C)(=O)=O)n1cn[nH]c1=S. The number of hydrogen-bond donors (Lipinski definition) is 1. The molecule has 0 radical (unpaired) electrons. The number of nitrogens with zero attached hydrogens (tertiary/aromatic N) is 2. The molecule has 0 spiro atoms. The molecule has 1 unspecified atom stereocenters. The number of nitrogens with one attached hydrogen (secondary N) is 1. The van der Waals surface area contributed by atoms with Gasteiger partial charge in [0.05, 0.1) is 5.75 Å². The number of rotatable bonds is 3. The first-order valence-corrected chi connectivity index (χ1v) is 6.16. The van der Waals surface area contributed by atoms with Crippen LogP contribution in [0.3, 0.4) is 0 Å². The number of hydrogen-bond acceptors (Lipinski definition) is 4. The highest BCUT2D eigenvalue weighted by Gasteiger charge is 2.12. The predicted molar refractivity (Wildman–Crippen MR) is 51.8 cm³/mol. The van der Waals surface area contributed by atoms with Crippen molar-refractivity contribution in [1.29, 1.82) is 0 Å². The van der Waals surface area contributed by atoms with E-state index < -0.39 is 9.84 Å². The third kappa shape index (κ3) is 2.92. The first-order chi connectivity index (χ1) is 5.90. The summed E-state index contributed by atoms with van der Waals surface area (Å²) in [7, 11) is -2.97. The summed E-state index contributed by atoms with van der Waals surface area (Å²) < 4.78 is 24.0. The second-order valence-corrected chi connectivity index (χ2v) is 5.58. The molecule has 0 amide bonds. The smallest absolute Gasteiger partial charge is 0.195 e. The van der Waals surface area contributed by atoms with Gasteiger partial charge >= 0.3 is 0 Å². The summed E-state index contributed by atoms with van der Waals surface area (Å²) in [5, 5.41) is 6.28. The van der Waals surface area contributed by atoms with E-state index in [-0.39, 0.29) is 11.8 Å². The molecule has 0 saturated heterocycles. The third-order valence-electron chi connectivity index (χ3n) is 1.60. The summed E-state index contributed by atoms with van der Waals surface area (Å²) in [6, 6.07) is -0.179. The van der Waals surface area contributed by atoms with Gasteiger partial charge in [-0.2, -0.15) is 5.10 Å². The van der Waals surface area contributed by atoms with E-state index in [1.807, 2.05) is 0 Å². The Morgan fingerprint density at radius 3 is 2.77 bits per heavy atom. The van der Waals surface area contributed by atoms with Crippen molar-refractivity contribution in [3.63, 3.8) is 0 Å². The molecular weight excluding hydrogens is 210 g/mol. The summed E-state index contributed by atoms with van der Waals surface area (Å²) in [5.74, 6) is 0.0703. The van der Waals surface area contributed by atoms with Gasteiger partial charge in [-0.15, -0.1) is 0 Å². The van der Waals surface area contributed by atoms with Crippen LogP contribution in [-0.2, 0) is 9.84 Å². The summed E-state index contributed by atoms with van der Waals surface area (Å²) in [4.78, 5) is 0. The fourth-order valence-electron chi connectivity index (χ4n) is 1.09. The van der Waals surface area contributed by atoms with Crippen molar-refractivity contribution in [3.8, 4) is 0 Å². The summed E-state index contributed by atoms with van der Waals surface area (Å²) in [5.41, 5.74) is 0. The molecule has 1 rings (SSSR count). The Morgan fingerprint density at radius 2 is 2.38 bits per heavy atom. The Kier molecular flexibility index (Phi) is 2.87. The highest BCUT2D eigenvalue weighted by Crippen LogP contribution is 2.07. The Bertz CT molecular complexity index is 431. The van der Waals surface area contributed by atoms with Gasteiger partial charge < -0.3 is 4.57 Å². The van der Waals surface area contributed by atoms with Crippen molar-refractivity contribution in [2.45, 2.75) is 13.0 Å². The lowest BCUT2D eigenvalue weighted by Crippen LogP contribution is -2.15. The fraction of sp³-hybridized carbons (Fsp3) is 0.667. The van der Waals surface area contributed by atoms with Crippen LogP contribution in [-0.4, -0.2) is 35.2 Å². The average Bonchev–Trinajstić information content (AvgIpc) is 2.30. The largest absolute Gasteiger partial charge is 0.303 e. The molecule has 1 atom stereocenters. The molecular formula is C6H11N3O2S2. The number of aromatic nitrogens is 3. The predicted octanol–water partition coefficient (Wildman–Crippen LogP) is 0.546. The maximum Gasteiger partial charge on any atom is 0.195 e. The highest BCUT2D eigenvalue weighted by molar-refractivity contribution is 7.90. The van der Waals surface area contributed by atoms with E-state index in [0.717, 1.165) is 0 Å². The van der Waals surface area contributed by atoms with E-state index in [0.29, 0.717) is 4.77 Å². The molecule has 0 aromatic carbocycles. The van der Waals surface area contributed by atoms with Gasteiger partial charge in [0.1, 0.15) is 16.2 Å². The lowest BCUT2D eigenvalue weighted by molar-refractivity contribution is 0.557. The molecule has 0 aliphatic heterocycles. The monoisotopic (exact) mass is 221 g/mol. The molecule has 0 bridgehead atoms. The van der Waals surface area contributed by atoms with E-state index in [2.05, 4.69) is 10.2 Å². The Hall–Kier alpha value is -0.690. The van der Waals surface area contributed by atoms with Gasteiger partial charge in [-0.05, 0) is 19.1 Å². The molecule has 0 fully saturated rings. The lowest BCUT2D eigenvalue weighted by atomic mass is 10.4. The first-order valence-electron chi connectivity index (χ1n) is 3.69. The Balaban J connectivity index is 2.87. The Labute approximate surface area is 81.7 Å². The standard InChI is InChI=1S/C6H11N3O2S2/c1-5(3-13(2,10)11)9-4-7-8-6(9)12/h4-5H,3H2,1-2H3,(H,8,12). The molecule has 1 aromatic rings. The second kappa shape index (κ2) is 3.59. The zero-order chi connectivity index (χ0) is 10.1. The Morgan fingerprint density at radius 1 is 1.77 bits per heavy atom. The van der Waals surface area contributed by atoms with Crippen LogP contribution in [0.1, 0.15) is 13.0 Å². The van der Waals surface area contributed by atoms with Crippen LogP contribution >= 0.6 is 12.2 Å².